The van der Waals surface area contributed by atoms with E-state index in [2.05, 4.69) is 10.6 Å². The van der Waals surface area contributed by atoms with E-state index in [-0.39, 0.29) is 56.1 Å². The van der Waals surface area contributed by atoms with Gasteiger partial charge in [-0.3, -0.25) is 38.5 Å². The highest BCUT2D eigenvalue weighted by atomic mass is 16.5. The Morgan fingerprint density at radius 2 is 1.49 bits per heavy atom. The molecule has 0 bridgehead atoms. The molecule has 13 heteroatoms. The highest BCUT2D eigenvalue weighted by molar-refractivity contribution is 6.39. The van der Waals surface area contributed by atoms with Gasteiger partial charge in [-0.15, -0.1) is 0 Å². The molecule has 1 saturated carbocycles. The third-order valence-corrected chi connectivity index (χ3v) is 11.3. The van der Waals surface area contributed by atoms with E-state index in [9.17, 15) is 33.6 Å². The minimum absolute atomic E-state index is 0.00483. The number of carbonyl (C=O) groups is 7. The number of imide groups is 1. The Morgan fingerprint density at radius 3 is 2.15 bits per heavy atom. The Balaban J connectivity index is 1.21. The van der Waals surface area contributed by atoms with E-state index in [0.29, 0.717) is 12.0 Å². The minimum atomic E-state index is -1.64. The third kappa shape index (κ3) is 7.05. The van der Waals surface area contributed by atoms with Crippen LogP contribution in [0.1, 0.15) is 88.9 Å². The molecule has 7 rings (SSSR count). The predicted octanol–water partition coefficient (Wildman–Crippen LogP) is 2.89. The second-order valence-electron chi connectivity index (χ2n) is 14.6. The van der Waals surface area contributed by atoms with Crippen LogP contribution in [0.4, 0.5) is 0 Å². The van der Waals surface area contributed by atoms with Gasteiger partial charge in [-0.25, -0.2) is 0 Å². The molecule has 0 radical (unpaired) electrons. The van der Waals surface area contributed by atoms with Gasteiger partial charge in [0.2, 0.25) is 17.6 Å². The second kappa shape index (κ2) is 14.9. The number of hydrogen-bond donors (Lipinski definition) is 3. The lowest BCUT2D eigenvalue weighted by atomic mass is 9.84. The fraction of sp³-hybridized carbons (Fsp3) is 0.425. The number of primary amides is 1. The number of nitrogens with two attached hydrogens (primary N) is 1. The van der Waals surface area contributed by atoms with Crippen LogP contribution in [0, 0.1) is 5.92 Å². The number of amides is 6. The Morgan fingerprint density at radius 1 is 0.849 bits per heavy atom. The molecular weight excluding hydrogens is 678 g/mol. The summed E-state index contributed by atoms with van der Waals surface area (Å²) < 4.78 is 5.42. The predicted molar refractivity (Wildman–Crippen MR) is 192 cm³/mol. The first-order valence-corrected chi connectivity index (χ1v) is 18.4. The van der Waals surface area contributed by atoms with Crippen molar-refractivity contribution < 1.29 is 38.3 Å². The molecule has 4 aliphatic rings. The minimum Gasteiger partial charge on any atom is -0.381 e. The van der Waals surface area contributed by atoms with E-state index >= 15 is 0 Å². The summed E-state index contributed by atoms with van der Waals surface area (Å²) in [7, 11) is 0. The molecule has 3 atom stereocenters. The van der Waals surface area contributed by atoms with Gasteiger partial charge in [-0.1, -0.05) is 74.6 Å². The molecule has 53 heavy (non-hydrogen) atoms. The van der Waals surface area contributed by atoms with Crippen LogP contribution in [-0.2, 0) is 23.9 Å². The highest BCUT2D eigenvalue weighted by Crippen LogP contribution is 2.34. The van der Waals surface area contributed by atoms with Gasteiger partial charge < -0.3 is 26.0 Å². The van der Waals surface area contributed by atoms with E-state index in [1.165, 1.54) is 4.90 Å². The van der Waals surface area contributed by atoms with E-state index in [0.717, 1.165) is 47.8 Å². The van der Waals surface area contributed by atoms with Gasteiger partial charge in [-0.05, 0) is 53.8 Å². The largest absolute Gasteiger partial charge is 0.381 e. The van der Waals surface area contributed by atoms with Gasteiger partial charge in [-0.2, -0.15) is 0 Å². The summed E-state index contributed by atoms with van der Waals surface area (Å²) in [6.45, 7) is 0.0123. The Bertz CT molecular complexity index is 1950. The van der Waals surface area contributed by atoms with E-state index < -0.39 is 64.9 Å². The molecule has 1 unspecified atom stereocenters. The molecule has 0 spiro atoms. The SMILES string of the molecule is NC(=O)C(=O)C1(NC(=O)[C@@H]2C[C@H](N3C(=O)c4ccccc4C3=O)CN2C(=O)C(CC2CCCCC2)NC(=O)c2ccc3ccccc3c2)CCOCC1. The number of nitrogens with one attached hydrogen (secondary N) is 2. The lowest BCUT2D eigenvalue weighted by Crippen LogP contribution is -2.64. The van der Waals surface area contributed by atoms with E-state index in [1.807, 2.05) is 30.3 Å². The van der Waals surface area contributed by atoms with E-state index in [1.54, 1.807) is 36.4 Å². The van der Waals surface area contributed by atoms with Crippen LogP contribution in [0.25, 0.3) is 10.8 Å². The van der Waals surface area contributed by atoms with Gasteiger partial charge >= 0.3 is 0 Å². The number of ether oxygens (including phenoxy) is 1. The van der Waals surface area contributed by atoms with Crippen molar-refractivity contribution in [3.05, 3.63) is 83.4 Å². The average Bonchev–Trinajstić information content (AvgIpc) is 3.72. The van der Waals surface area contributed by atoms with E-state index in [4.69, 9.17) is 10.5 Å². The fourth-order valence-corrected chi connectivity index (χ4v) is 8.47. The van der Waals surface area contributed by atoms with Crippen molar-refractivity contribution in [2.45, 2.75) is 81.5 Å². The molecule has 0 aromatic heterocycles. The maximum Gasteiger partial charge on any atom is 0.287 e. The second-order valence-corrected chi connectivity index (χ2v) is 14.6. The van der Waals surface area contributed by atoms with Crippen molar-refractivity contribution in [3.8, 4) is 0 Å². The summed E-state index contributed by atoms with van der Waals surface area (Å²) in [6, 6.07) is 16.2. The third-order valence-electron chi connectivity index (χ3n) is 11.3. The number of ketones is 1. The normalized spacial score (nSPS) is 22.0. The maximum absolute atomic E-state index is 14.9. The standard InChI is InChI=1S/C40H43N5O8/c41-34(47)33(46)40(16-18-53-19-17-40)43-36(49)32-22-28(45-37(50)29-12-6-7-13-30(29)38(45)51)23-44(32)39(52)31(20-24-8-2-1-3-9-24)42-35(48)27-15-14-25-10-4-5-11-26(25)21-27/h4-7,10-15,21,24,28,31-32H,1-3,8-9,16-20,22-23H2,(H2,41,47)(H,42,48)(H,43,49)/t28-,31?,32-/m0/s1. The topological polar surface area (TPSA) is 185 Å². The molecule has 3 aromatic carbocycles. The van der Waals surface area contributed by atoms with Crippen molar-refractivity contribution in [2.75, 3.05) is 19.8 Å². The number of Topliss-reactive ketones (excluding diaryl/α,β-unsaturated/α-hetero) is 1. The molecule has 3 aliphatic heterocycles. The molecule has 13 nitrogen and oxygen atoms in total. The van der Waals surface area contributed by atoms with Gasteiger partial charge in [0.1, 0.15) is 17.6 Å². The van der Waals surface area contributed by atoms with Crippen LogP contribution in [-0.4, -0.2) is 94.4 Å². The molecule has 4 N–H and O–H groups in total. The summed E-state index contributed by atoms with van der Waals surface area (Å²) in [6.07, 6.45) is 5.07. The average molecular weight is 722 g/mol. The van der Waals surface area contributed by atoms with Crippen LogP contribution >= 0.6 is 0 Å². The van der Waals surface area contributed by atoms with Gasteiger partial charge in [0.15, 0.2) is 0 Å². The number of nitrogens with zero attached hydrogens (tertiary/aromatic N) is 2. The number of hydrogen-bond acceptors (Lipinski definition) is 8. The lowest BCUT2D eigenvalue weighted by molar-refractivity contribution is -0.147. The number of likely N-dealkylation sites (tertiary alicyclic amines) is 1. The number of benzene rings is 3. The van der Waals surface area contributed by atoms with Crippen molar-refractivity contribution in [2.24, 2.45) is 11.7 Å². The zero-order valence-electron chi connectivity index (χ0n) is 29.4. The molecule has 3 heterocycles. The number of carbonyl (C=O) groups excluding carboxylic acids is 7. The molecule has 3 fully saturated rings. The first-order valence-electron chi connectivity index (χ1n) is 18.4. The molecular formula is C40H43N5O8. The first kappa shape index (κ1) is 36.0. The van der Waals surface area contributed by atoms with Gasteiger partial charge in [0, 0.05) is 38.2 Å². The Kier molecular flexibility index (Phi) is 10.1. The molecule has 2 saturated heterocycles. The van der Waals surface area contributed by atoms with Gasteiger partial charge in [0.25, 0.3) is 23.6 Å². The van der Waals surface area contributed by atoms with Crippen LogP contribution < -0.4 is 16.4 Å². The van der Waals surface area contributed by atoms with Gasteiger partial charge in [0.05, 0.1) is 17.2 Å². The molecule has 1 aliphatic carbocycles. The molecule has 6 amide bonds. The van der Waals surface area contributed by atoms with Crippen molar-refractivity contribution >= 4 is 52.0 Å². The lowest BCUT2D eigenvalue weighted by Gasteiger charge is -2.37. The summed E-state index contributed by atoms with van der Waals surface area (Å²) in [5.41, 5.74) is 4.61. The maximum atomic E-state index is 14.9. The highest BCUT2D eigenvalue weighted by Gasteiger charge is 2.52. The zero-order chi connectivity index (χ0) is 37.3. The van der Waals surface area contributed by atoms with Crippen LogP contribution in [0.15, 0.2) is 66.7 Å². The quantitative estimate of drug-likeness (QED) is 0.211. The Hall–Kier alpha value is -5.43. The fourth-order valence-electron chi connectivity index (χ4n) is 8.47. The van der Waals surface area contributed by atoms with Crippen molar-refractivity contribution in [1.29, 1.82) is 0 Å². The zero-order valence-corrected chi connectivity index (χ0v) is 29.4. The summed E-state index contributed by atoms with van der Waals surface area (Å²) in [5.74, 6) is -4.81. The van der Waals surface area contributed by atoms with Crippen LogP contribution in [0.5, 0.6) is 0 Å². The molecule has 3 aromatic rings. The Labute approximate surface area is 306 Å². The summed E-state index contributed by atoms with van der Waals surface area (Å²) in [4.78, 5) is 98.0. The number of rotatable bonds is 10. The van der Waals surface area contributed by atoms with Crippen LogP contribution in [0.2, 0.25) is 0 Å². The smallest absolute Gasteiger partial charge is 0.287 e. The summed E-state index contributed by atoms with van der Waals surface area (Å²) >= 11 is 0. The van der Waals surface area contributed by atoms with Crippen LogP contribution in [0.3, 0.4) is 0 Å². The molecule has 276 valence electrons. The number of fused-ring (bicyclic) bond motifs is 2. The first-order chi connectivity index (χ1) is 25.6. The monoisotopic (exact) mass is 721 g/mol. The summed E-state index contributed by atoms with van der Waals surface area (Å²) in [5, 5.41) is 7.56. The van der Waals surface area contributed by atoms with Crippen molar-refractivity contribution in [1.82, 2.24) is 20.4 Å². The van der Waals surface area contributed by atoms with Crippen molar-refractivity contribution in [3.63, 3.8) is 0 Å².